The van der Waals surface area contributed by atoms with Crippen LogP contribution < -0.4 is 15.0 Å². The first-order chi connectivity index (χ1) is 13.1. The van der Waals surface area contributed by atoms with Crippen LogP contribution in [0.2, 0.25) is 0 Å². The van der Waals surface area contributed by atoms with Crippen molar-refractivity contribution < 1.29 is 27.5 Å². The molecule has 0 aliphatic carbocycles. The molecule has 0 aliphatic heterocycles. The standard InChI is InChI=1S/C20H21F3N2O3/c1-13-7-8-18(28-3)17(11-13)25(14(2)26)10-9-19(27)24-16-6-4-5-15(12-16)20(21,22)23/h4-8,11-12H,9-10H2,1-3H3,(H,24,27). The van der Waals surface area contributed by atoms with E-state index in [4.69, 9.17) is 4.74 Å². The lowest BCUT2D eigenvalue weighted by Crippen LogP contribution is -2.32. The molecule has 0 aliphatic rings. The minimum absolute atomic E-state index is 0.0438. The first-order valence-corrected chi connectivity index (χ1v) is 8.51. The largest absolute Gasteiger partial charge is 0.495 e. The fourth-order valence-electron chi connectivity index (χ4n) is 2.67. The van der Waals surface area contributed by atoms with Gasteiger partial charge in [-0.1, -0.05) is 12.1 Å². The predicted molar refractivity (Wildman–Crippen MR) is 100 cm³/mol. The summed E-state index contributed by atoms with van der Waals surface area (Å²) in [5.41, 5.74) is 0.639. The van der Waals surface area contributed by atoms with E-state index in [1.807, 2.05) is 13.0 Å². The van der Waals surface area contributed by atoms with Crippen molar-refractivity contribution in [2.24, 2.45) is 0 Å². The van der Waals surface area contributed by atoms with Gasteiger partial charge in [-0.05, 0) is 42.8 Å². The Morgan fingerprint density at radius 3 is 2.46 bits per heavy atom. The number of hydrogen-bond donors (Lipinski definition) is 1. The Hall–Kier alpha value is -3.03. The van der Waals surface area contributed by atoms with Crippen molar-refractivity contribution in [3.63, 3.8) is 0 Å². The highest BCUT2D eigenvalue weighted by molar-refractivity contribution is 5.96. The van der Waals surface area contributed by atoms with E-state index in [1.165, 1.54) is 31.1 Å². The number of carbonyl (C=O) groups is 2. The third-order valence-electron chi connectivity index (χ3n) is 4.04. The molecule has 0 heterocycles. The minimum atomic E-state index is -4.49. The van der Waals surface area contributed by atoms with Gasteiger partial charge in [0.1, 0.15) is 5.75 Å². The molecule has 8 heteroatoms. The van der Waals surface area contributed by atoms with Gasteiger partial charge in [0.05, 0.1) is 18.4 Å². The molecule has 2 aromatic carbocycles. The smallest absolute Gasteiger partial charge is 0.416 e. The van der Waals surface area contributed by atoms with E-state index >= 15 is 0 Å². The fourth-order valence-corrected chi connectivity index (χ4v) is 2.67. The van der Waals surface area contributed by atoms with Crippen LogP contribution in [0.5, 0.6) is 5.75 Å². The van der Waals surface area contributed by atoms with Crippen LogP contribution >= 0.6 is 0 Å². The highest BCUT2D eigenvalue weighted by atomic mass is 19.4. The van der Waals surface area contributed by atoms with Gasteiger partial charge in [-0.3, -0.25) is 9.59 Å². The molecule has 1 N–H and O–H groups in total. The molecule has 0 fully saturated rings. The van der Waals surface area contributed by atoms with Crippen molar-refractivity contribution in [3.8, 4) is 5.75 Å². The van der Waals surface area contributed by atoms with Crippen LogP contribution in [0.3, 0.4) is 0 Å². The van der Waals surface area contributed by atoms with Crippen LogP contribution in [0, 0.1) is 6.92 Å². The maximum atomic E-state index is 12.8. The van der Waals surface area contributed by atoms with Crippen molar-refractivity contribution >= 4 is 23.2 Å². The molecule has 2 aromatic rings. The molecular weight excluding hydrogens is 373 g/mol. The Balaban J connectivity index is 2.10. The Kier molecular flexibility index (Phi) is 6.66. The topological polar surface area (TPSA) is 58.6 Å². The van der Waals surface area contributed by atoms with Crippen LogP contribution in [-0.4, -0.2) is 25.5 Å². The zero-order valence-corrected chi connectivity index (χ0v) is 15.8. The highest BCUT2D eigenvalue weighted by Gasteiger charge is 2.30. The Labute approximate surface area is 161 Å². The second kappa shape index (κ2) is 8.77. The maximum Gasteiger partial charge on any atom is 0.416 e. The van der Waals surface area contributed by atoms with Gasteiger partial charge in [0.2, 0.25) is 11.8 Å². The molecule has 0 spiro atoms. The third kappa shape index (κ3) is 5.48. The van der Waals surface area contributed by atoms with Gasteiger partial charge >= 0.3 is 6.18 Å². The van der Waals surface area contributed by atoms with E-state index in [0.717, 1.165) is 17.7 Å². The number of amides is 2. The molecule has 2 amide bonds. The van der Waals surface area contributed by atoms with E-state index in [0.29, 0.717) is 11.4 Å². The molecule has 5 nitrogen and oxygen atoms in total. The lowest BCUT2D eigenvalue weighted by Gasteiger charge is -2.23. The molecule has 0 radical (unpaired) electrons. The number of ether oxygens (including phenoxy) is 1. The lowest BCUT2D eigenvalue weighted by atomic mass is 10.1. The highest BCUT2D eigenvalue weighted by Crippen LogP contribution is 2.31. The molecule has 0 unspecified atom stereocenters. The molecule has 0 bridgehead atoms. The molecule has 0 atom stereocenters. The van der Waals surface area contributed by atoms with Crippen LogP contribution in [0.1, 0.15) is 24.5 Å². The molecule has 0 aromatic heterocycles. The second-order valence-electron chi connectivity index (χ2n) is 6.22. The predicted octanol–water partition coefficient (Wildman–Crippen LogP) is 4.40. The van der Waals surface area contributed by atoms with Gasteiger partial charge in [0.25, 0.3) is 0 Å². The van der Waals surface area contributed by atoms with Crippen molar-refractivity contribution in [1.29, 1.82) is 0 Å². The summed E-state index contributed by atoms with van der Waals surface area (Å²) in [6.45, 7) is 3.29. The van der Waals surface area contributed by atoms with Gasteiger partial charge in [-0.2, -0.15) is 13.2 Å². The maximum absolute atomic E-state index is 12.8. The Bertz CT molecular complexity index is 866. The molecular formula is C20H21F3N2O3. The van der Waals surface area contributed by atoms with E-state index in [9.17, 15) is 22.8 Å². The van der Waals surface area contributed by atoms with Crippen molar-refractivity contribution in [3.05, 3.63) is 53.6 Å². The first-order valence-electron chi connectivity index (χ1n) is 8.51. The number of nitrogens with zero attached hydrogens (tertiary/aromatic N) is 1. The first kappa shape index (κ1) is 21.3. The van der Waals surface area contributed by atoms with Crippen molar-refractivity contribution in [2.75, 3.05) is 23.9 Å². The molecule has 0 saturated heterocycles. The van der Waals surface area contributed by atoms with E-state index in [-0.39, 0.29) is 24.6 Å². The summed E-state index contributed by atoms with van der Waals surface area (Å²) in [5, 5.41) is 2.43. The summed E-state index contributed by atoms with van der Waals surface area (Å²) in [4.78, 5) is 25.7. The van der Waals surface area contributed by atoms with E-state index < -0.39 is 17.6 Å². The molecule has 28 heavy (non-hydrogen) atoms. The average Bonchev–Trinajstić information content (AvgIpc) is 2.61. The van der Waals surface area contributed by atoms with Gasteiger partial charge < -0.3 is 15.0 Å². The number of carbonyl (C=O) groups excluding carboxylic acids is 2. The van der Waals surface area contributed by atoms with Crippen LogP contribution in [-0.2, 0) is 15.8 Å². The van der Waals surface area contributed by atoms with E-state index in [1.54, 1.807) is 12.1 Å². The van der Waals surface area contributed by atoms with Crippen LogP contribution in [0.4, 0.5) is 24.5 Å². The second-order valence-corrected chi connectivity index (χ2v) is 6.22. The quantitative estimate of drug-likeness (QED) is 0.790. The number of anilines is 2. The van der Waals surface area contributed by atoms with Gasteiger partial charge in [-0.25, -0.2) is 0 Å². The number of methoxy groups -OCH3 is 1. The van der Waals surface area contributed by atoms with Crippen molar-refractivity contribution in [2.45, 2.75) is 26.4 Å². The summed E-state index contributed by atoms with van der Waals surface area (Å²) in [7, 11) is 1.48. The normalized spacial score (nSPS) is 11.1. The van der Waals surface area contributed by atoms with Gasteiger partial charge in [0, 0.05) is 25.6 Å². The Morgan fingerprint density at radius 1 is 1.14 bits per heavy atom. The van der Waals surface area contributed by atoms with Crippen molar-refractivity contribution in [1.82, 2.24) is 0 Å². The summed E-state index contributed by atoms with van der Waals surface area (Å²) in [6.07, 6.45) is -4.58. The molecule has 0 saturated carbocycles. The third-order valence-corrected chi connectivity index (χ3v) is 4.04. The van der Waals surface area contributed by atoms with Crippen LogP contribution in [0.25, 0.3) is 0 Å². The fraction of sp³-hybridized carbons (Fsp3) is 0.300. The van der Waals surface area contributed by atoms with Crippen LogP contribution in [0.15, 0.2) is 42.5 Å². The monoisotopic (exact) mass is 394 g/mol. The zero-order chi connectivity index (χ0) is 20.9. The number of aryl methyl sites for hydroxylation is 1. The number of rotatable bonds is 6. The van der Waals surface area contributed by atoms with E-state index in [2.05, 4.69) is 5.32 Å². The minimum Gasteiger partial charge on any atom is -0.495 e. The van der Waals surface area contributed by atoms with Gasteiger partial charge in [0.15, 0.2) is 0 Å². The lowest BCUT2D eigenvalue weighted by molar-refractivity contribution is -0.137. The number of nitrogens with one attached hydrogen (secondary N) is 1. The Morgan fingerprint density at radius 2 is 1.86 bits per heavy atom. The molecule has 2 rings (SSSR count). The van der Waals surface area contributed by atoms with Gasteiger partial charge in [-0.15, -0.1) is 0 Å². The zero-order valence-electron chi connectivity index (χ0n) is 15.8. The summed E-state index contributed by atoms with van der Waals surface area (Å²) >= 11 is 0. The summed E-state index contributed by atoms with van der Waals surface area (Å²) in [6, 6.07) is 9.72. The number of benzene rings is 2. The average molecular weight is 394 g/mol. The SMILES string of the molecule is COc1ccc(C)cc1N(CCC(=O)Nc1cccc(C(F)(F)F)c1)C(C)=O. The summed E-state index contributed by atoms with van der Waals surface area (Å²) in [5.74, 6) is -0.299. The number of halogens is 3. The number of alkyl halides is 3. The molecule has 150 valence electrons. The summed E-state index contributed by atoms with van der Waals surface area (Å²) < 4.78 is 43.6. The number of hydrogen-bond acceptors (Lipinski definition) is 3.